The van der Waals surface area contributed by atoms with Crippen LogP contribution in [0.4, 0.5) is 0 Å². The largest absolute Gasteiger partial charge is 0.488 e. The number of fused-ring (bicyclic) bond motifs is 3. The van der Waals surface area contributed by atoms with Crippen molar-refractivity contribution in [2.45, 2.75) is 20.1 Å². The summed E-state index contributed by atoms with van der Waals surface area (Å²) in [6.45, 7) is 3.11. The number of allylic oxidation sites excluding steroid dienone is 1. The predicted molar refractivity (Wildman–Crippen MR) is 116 cm³/mol. The Bertz CT molecular complexity index is 1320. The summed E-state index contributed by atoms with van der Waals surface area (Å²) < 4.78 is 8.11. The summed E-state index contributed by atoms with van der Waals surface area (Å²) in [6.07, 6.45) is 3.98. The van der Waals surface area contributed by atoms with Gasteiger partial charge >= 0.3 is 5.97 Å². The highest BCUT2D eigenvalue weighted by molar-refractivity contribution is 5.92. The smallest absolute Gasteiger partial charge is 0.335 e. The fraction of sp³-hybridized carbons (Fsp3) is 0.120. The van der Waals surface area contributed by atoms with Crippen molar-refractivity contribution in [2.75, 3.05) is 0 Å². The molecule has 0 saturated heterocycles. The quantitative estimate of drug-likeness (QED) is 0.525. The minimum Gasteiger partial charge on any atom is -0.488 e. The molecule has 1 aliphatic heterocycles. The highest BCUT2D eigenvalue weighted by Gasteiger charge is 2.20. The third-order valence-corrected chi connectivity index (χ3v) is 5.55. The number of aromatic nitrogens is 2. The molecule has 148 valence electrons. The van der Waals surface area contributed by atoms with Crippen LogP contribution in [0.5, 0.6) is 5.75 Å². The Morgan fingerprint density at radius 3 is 2.87 bits per heavy atom. The van der Waals surface area contributed by atoms with Gasteiger partial charge in [0.25, 0.3) is 0 Å². The molecule has 0 radical (unpaired) electrons. The minimum absolute atomic E-state index is 0.242. The first-order valence-corrected chi connectivity index (χ1v) is 9.81. The average Bonchev–Trinajstić information content (AvgIpc) is 3.10. The number of carboxylic acid groups (broad SMARTS) is 1. The van der Waals surface area contributed by atoms with Crippen molar-refractivity contribution in [1.82, 2.24) is 9.55 Å². The second-order valence-corrected chi connectivity index (χ2v) is 7.42. The lowest BCUT2D eigenvalue weighted by atomic mass is 9.93. The molecule has 0 unspecified atom stereocenters. The lowest BCUT2D eigenvalue weighted by Gasteiger charge is -2.12. The number of aromatic carboxylic acids is 1. The van der Waals surface area contributed by atoms with Crippen molar-refractivity contribution < 1.29 is 14.6 Å². The second kappa shape index (κ2) is 7.19. The van der Waals surface area contributed by atoms with Gasteiger partial charge in [0.1, 0.15) is 12.4 Å². The van der Waals surface area contributed by atoms with E-state index in [1.54, 1.807) is 18.2 Å². The van der Waals surface area contributed by atoms with Gasteiger partial charge in [-0.25, -0.2) is 9.78 Å². The first-order valence-electron chi connectivity index (χ1n) is 9.81. The third-order valence-electron chi connectivity index (χ3n) is 5.55. The van der Waals surface area contributed by atoms with Gasteiger partial charge in [0.15, 0.2) is 0 Å². The van der Waals surface area contributed by atoms with Crippen molar-refractivity contribution >= 4 is 22.6 Å². The van der Waals surface area contributed by atoms with Crippen molar-refractivity contribution in [3.8, 4) is 5.75 Å². The molecule has 30 heavy (non-hydrogen) atoms. The zero-order valence-corrected chi connectivity index (χ0v) is 16.5. The van der Waals surface area contributed by atoms with E-state index in [0.717, 1.165) is 38.9 Å². The number of hydrogen-bond donors (Lipinski definition) is 1. The van der Waals surface area contributed by atoms with E-state index in [1.165, 1.54) is 0 Å². The second-order valence-electron chi connectivity index (χ2n) is 7.42. The lowest BCUT2D eigenvalue weighted by Crippen LogP contribution is -2.00. The van der Waals surface area contributed by atoms with E-state index in [1.807, 2.05) is 30.6 Å². The fourth-order valence-electron chi connectivity index (χ4n) is 4.00. The number of nitrogens with zero attached hydrogens (tertiary/aromatic N) is 2. The first kappa shape index (κ1) is 18.2. The monoisotopic (exact) mass is 396 g/mol. The van der Waals surface area contributed by atoms with Gasteiger partial charge in [0.05, 0.1) is 22.9 Å². The molecular weight excluding hydrogens is 376 g/mol. The molecule has 3 aromatic carbocycles. The van der Waals surface area contributed by atoms with Crippen LogP contribution in [0.1, 0.15) is 32.6 Å². The average molecular weight is 396 g/mol. The van der Waals surface area contributed by atoms with Crippen molar-refractivity contribution in [3.63, 3.8) is 0 Å². The molecule has 0 spiro atoms. The summed E-state index contributed by atoms with van der Waals surface area (Å²) in [6, 6.07) is 19.3. The van der Waals surface area contributed by atoms with Crippen LogP contribution in [0.15, 0.2) is 73.1 Å². The maximum absolute atomic E-state index is 11.6. The van der Waals surface area contributed by atoms with Crippen LogP contribution in [0.2, 0.25) is 0 Å². The molecule has 0 aliphatic carbocycles. The van der Waals surface area contributed by atoms with Crippen LogP contribution in [0.3, 0.4) is 0 Å². The van der Waals surface area contributed by atoms with E-state index in [0.29, 0.717) is 18.9 Å². The number of hydrogen-bond acceptors (Lipinski definition) is 3. The van der Waals surface area contributed by atoms with Gasteiger partial charge < -0.3 is 14.4 Å². The third kappa shape index (κ3) is 3.05. The summed E-state index contributed by atoms with van der Waals surface area (Å²) >= 11 is 0. The van der Waals surface area contributed by atoms with Gasteiger partial charge in [-0.05, 0) is 53.5 Å². The number of ether oxygens (including phenoxy) is 1. The number of aryl methyl sites for hydroxylation is 1. The molecule has 0 saturated carbocycles. The van der Waals surface area contributed by atoms with E-state index < -0.39 is 5.97 Å². The van der Waals surface area contributed by atoms with Gasteiger partial charge in [0, 0.05) is 12.1 Å². The normalized spacial score (nSPS) is 14.1. The van der Waals surface area contributed by atoms with E-state index in [2.05, 4.69) is 40.7 Å². The summed E-state index contributed by atoms with van der Waals surface area (Å²) in [7, 11) is 0. The van der Waals surface area contributed by atoms with Crippen molar-refractivity contribution in [3.05, 3.63) is 101 Å². The van der Waals surface area contributed by atoms with Crippen molar-refractivity contribution in [1.29, 1.82) is 0 Å². The maximum Gasteiger partial charge on any atom is 0.335 e. The molecule has 0 amide bonds. The van der Waals surface area contributed by atoms with Crippen LogP contribution in [-0.2, 0) is 13.2 Å². The molecular formula is C25H20N2O3. The molecule has 0 atom stereocenters. The summed E-state index contributed by atoms with van der Waals surface area (Å²) in [5.41, 5.74) is 7.34. The number of carboxylic acids is 1. The highest BCUT2D eigenvalue weighted by Crippen LogP contribution is 2.37. The molecule has 1 N–H and O–H groups in total. The van der Waals surface area contributed by atoms with Gasteiger partial charge in [-0.3, -0.25) is 0 Å². The van der Waals surface area contributed by atoms with Crippen LogP contribution in [0, 0.1) is 6.92 Å². The Balaban J connectivity index is 1.66. The van der Waals surface area contributed by atoms with Crippen LogP contribution >= 0.6 is 0 Å². The van der Waals surface area contributed by atoms with Crippen molar-refractivity contribution in [2.24, 2.45) is 0 Å². The standard InChI is InChI=1S/C25H20N2O3/c1-16-5-4-8-22-24(16)26-15-27(22)12-11-20-19-7-3-2-6-18(19)14-30-23-10-9-17(25(28)29)13-21(20)23/h2-11,13,15H,12,14H2,1H3,(H,28,29)/b20-11+. The number of rotatable bonds is 3. The van der Waals surface area contributed by atoms with Gasteiger partial charge in [-0.1, -0.05) is 42.5 Å². The Morgan fingerprint density at radius 1 is 1.13 bits per heavy atom. The molecule has 0 bridgehead atoms. The van der Waals surface area contributed by atoms with E-state index in [4.69, 9.17) is 4.74 Å². The molecule has 1 aliphatic rings. The topological polar surface area (TPSA) is 64.4 Å². The van der Waals surface area contributed by atoms with Gasteiger partial charge in [0.2, 0.25) is 0 Å². The zero-order valence-electron chi connectivity index (χ0n) is 16.5. The molecule has 2 heterocycles. The summed E-state index contributed by atoms with van der Waals surface area (Å²) in [5, 5.41) is 9.49. The van der Waals surface area contributed by atoms with Crippen LogP contribution in [0.25, 0.3) is 16.6 Å². The van der Waals surface area contributed by atoms with E-state index in [9.17, 15) is 9.90 Å². The van der Waals surface area contributed by atoms with Crippen LogP contribution < -0.4 is 4.74 Å². The van der Waals surface area contributed by atoms with Gasteiger partial charge in [-0.15, -0.1) is 0 Å². The zero-order chi connectivity index (χ0) is 20.7. The number of para-hydroxylation sites is 1. The SMILES string of the molecule is Cc1cccc2c1ncn2C/C=C1\c2ccccc2COc2ccc(C(=O)O)cc21. The Kier molecular flexibility index (Phi) is 4.36. The Labute approximate surface area is 173 Å². The van der Waals surface area contributed by atoms with E-state index >= 15 is 0 Å². The van der Waals surface area contributed by atoms with E-state index in [-0.39, 0.29) is 5.56 Å². The summed E-state index contributed by atoms with van der Waals surface area (Å²) in [5.74, 6) is -0.264. The lowest BCUT2D eigenvalue weighted by molar-refractivity contribution is 0.0697. The highest BCUT2D eigenvalue weighted by atomic mass is 16.5. The molecule has 0 fully saturated rings. The Morgan fingerprint density at radius 2 is 2.00 bits per heavy atom. The number of benzene rings is 3. The first-order chi connectivity index (χ1) is 14.6. The molecule has 5 rings (SSSR count). The number of imidazole rings is 1. The number of carbonyl (C=O) groups is 1. The van der Waals surface area contributed by atoms with Crippen LogP contribution in [-0.4, -0.2) is 20.6 Å². The molecule has 1 aromatic heterocycles. The Hall–Kier alpha value is -3.86. The fourth-order valence-corrected chi connectivity index (χ4v) is 4.00. The minimum atomic E-state index is -0.953. The molecule has 4 aromatic rings. The predicted octanol–water partition coefficient (Wildman–Crippen LogP) is 5.07. The van der Waals surface area contributed by atoms with Gasteiger partial charge in [-0.2, -0.15) is 0 Å². The molecule has 5 heteroatoms. The summed E-state index contributed by atoms with van der Waals surface area (Å²) in [4.78, 5) is 16.1. The molecule has 5 nitrogen and oxygen atoms in total. The maximum atomic E-state index is 11.6.